The van der Waals surface area contributed by atoms with Crippen molar-refractivity contribution in [3.63, 3.8) is 0 Å². The molecule has 1 saturated carbocycles. The lowest BCUT2D eigenvalue weighted by Crippen LogP contribution is -2.56. The van der Waals surface area contributed by atoms with E-state index >= 15 is 0 Å². The van der Waals surface area contributed by atoms with Crippen LogP contribution in [-0.2, 0) is 11.2 Å². The van der Waals surface area contributed by atoms with E-state index in [0.717, 1.165) is 31.5 Å². The first kappa shape index (κ1) is 21.1. The van der Waals surface area contributed by atoms with Crippen LogP contribution in [0.3, 0.4) is 0 Å². The Morgan fingerprint density at radius 1 is 1.30 bits per heavy atom. The quantitative estimate of drug-likeness (QED) is 0.734. The van der Waals surface area contributed by atoms with Gasteiger partial charge in [0, 0.05) is 65.9 Å². The maximum atomic E-state index is 12.7. The van der Waals surface area contributed by atoms with Crippen molar-refractivity contribution in [3.05, 3.63) is 46.1 Å². The van der Waals surface area contributed by atoms with Gasteiger partial charge in [0.05, 0.1) is 6.42 Å². The fourth-order valence-corrected chi connectivity index (χ4v) is 5.52. The highest BCUT2D eigenvalue weighted by atomic mass is 32.2. The van der Waals surface area contributed by atoms with E-state index in [-0.39, 0.29) is 23.4 Å². The Hall–Kier alpha value is -2.19. The molecule has 0 radical (unpaired) electrons. The summed E-state index contributed by atoms with van der Waals surface area (Å²) in [5, 5.41) is 3.13. The molecule has 0 bridgehead atoms. The van der Waals surface area contributed by atoms with Crippen LogP contribution in [0.2, 0.25) is 0 Å². The summed E-state index contributed by atoms with van der Waals surface area (Å²) in [6.07, 6.45) is 8.10. The summed E-state index contributed by atoms with van der Waals surface area (Å²) in [4.78, 5) is 39.3. The molecular weight excluding hydrogens is 398 g/mol. The molecule has 4 rings (SSSR count). The maximum Gasteiger partial charge on any atom is 0.255 e. The predicted molar refractivity (Wildman–Crippen MR) is 120 cm³/mol. The second-order valence-electron chi connectivity index (χ2n) is 8.20. The largest absolute Gasteiger partial charge is 0.354 e. The number of carbonyl (C=O) groups excluding carboxylic acids is 1. The Morgan fingerprint density at radius 3 is 2.73 bits per heavy atom. The average Bonchev–Trinajstić information content (AvgIpc) is 3.26. The van der Waals surface area contributed by atoms with Crippen LogP contribution >= 0.6 is 11.8 Å². The number of hydrogen-bond acceptors (Lipinski definition) is 6. The highest BCUT2D eigenvalue weighted by Crippen LogP contribution is 2.36. The van der Waals surface area contributed by atoms with E-state index in [1.54, 1.807) is 25.4 Å². The second-order valence-corrected chi connectivity index (χ2v) is 9.43. The number of thioether (sulfide) groups is 1. The van der Waals surface area contributed by atoms with E-state index in [1.807, 2.05) is 17.8 Å². The van der Waals surface area contributed by atoms with Crippen LogP contribution in [0.15, 0.2) is 29.3 Å². The Morgan fingerprint density at radius 2 is 2.07 bits per heavy atom. The molecule has 160 valence electrons. The normalized spacial score (nSPS) is 19.0. The SMILES string of the molecule is Cc1nc(-c2cccnc2)[nH]c(=O)c1CC(=O)NCC1(N2CCSCC2)CCCC1. The molecule has 1 aliphatic carbocycles. The number of H-pyrrole nitrogens is 1. The number of pyridine rings is 1. The van der Waals surface area contributed by atoms with Crippen molar-refractivity contribution in [2.75, 3.05) is 31.1 Å². The molecule has 7 nitrogen and oxygen atoms in total. The first-order valence-electron chi connectivity index (χ1n) is 10.7. The van der Waals surface area contributed by atoms with E-state index in [1.165, 1.54) is 24.3 Å². The Balaban J connectivity index is 1.43. The number of aromatic amines is 1. The predicted octanol–water partition coefficient (Wildman–Crippen LogP) is 2.16. The van der Waals surface area contributed by atoms with Crippen LogP contribution in [0.5, 0.6) is 0 Å². The van der Waals surface area contributed by atoms with Crippen LogP contribution in [0.4, 0.5) is 0 Å². The first-order valence-corrected chi connectivity index (χ1v) is 11.8. The number of carbonyl (C=O) groups is 1. The van der Waals surface area contributed by atoms with Crippen LogP contribution in [0.25, 0.3) is 11.4 Å². The Labute approximate surface area is 181 Å². The molecule has 30 heavy (non-hydrogen) atoms. The van der Waals surface area contributed by atoms with Crippen molar-refractivity contribution < 1.29 is 4.79 Å². The zero-order valence-electron chi connectivity index (χ0n) is 17.4. The van der Waals surface area contributed by atoms with Gasteiger partial charge in [-0.25, -0.2) is 4.98 Å². The summed E-state index contributed by atoms with van der Waals surface area (Å²) >= 11 is 2.01. The molecule has 0 unspecified atom stereocenters. The number of rotatable bonds is 6. The Bertz CT molecular complexity index is 934. The summed E-state index contributed by atoms with van der Waals surface area (Å²) in [5.41, 5.74) is 1.57. The minimum atomic E-state index is -0.264. The van der Waals surface area contributed by atoms with Gasteiger partial charge in [0.1, 0.15) is 5.82 Å². The molecule has 0 aromatic carbocycles. The molecule has 8 heteroatoms. The highest BCUT2D eigenvalue weighted by molar-refractivity contribution is 7.99. The molecule has 2 fully saturated rings. The van der Waals surface area contributed by atoms with Crippen LogP contribution in [-0.4, -0.2) is 62.4 Å². The number of nitrogens with zero attached hydrogens (tertiary/aromatic N) is 3. The van der Waals surface area contributed by atoms with E-state index in [9.17, 15) is 9.59 Å². The number of amides is 1. The molecule has 1 aliphatic heterocycles. The average molecular weight is 428 g/mol. The van der Waals surface area contributed by atoms with Gasteiger partial charge in [0.15, 0.2) is 0 Å². The van der Waals surface area contributed by atoms with Gasteiger partial charge in [-0.3, -0.25) is 19.5 Å². The van der Waals surface area contributed by atoms with E-state index in [2.05, 4.69) is 25.2 Å². The minimum absolute atomic E-state index is 0.0490. The van der Waals surface area contributed by atoms with Crippen molar-refractivity contribution in [2.24, 2.45) is 0 Å². The van der Waals surface area contributed by atoms with Crippen molar-refractivity contribution >= 4 is 17.7 Å². The third kappa shape index (κ3) is 4.59. The summed E-state index contributed by atoms with van der Waals surface area (Å²) in [6, 6.07) is 3.64. The summed E-state index contributed by atoms with van der Waals surface area (Å²) < 4.78 is 0. The third-order valence-corrected chi connectivity index (χ3v) is 7.27. The van der Waals surface area contributed by atoms with E-state index in [4.69, 9.17) is 0 Å². The zero-order valence-corrected chi connectivity index (χ0v) is 18.3. The second kappa shape index (κ2) is 9.31. The van der Waals surface area contributed by atoms with E-state index < -0.39 is 0 Å². The maximum absolute atomic E-state index is 12.7. The molecule has 2 N–H and O–H groups in total. The molecule has 1 saturated heterocycles. The topological polar surface area (TPSA) is 91.0 Å². The zero-order chi connectivity index (χ0) is 21.0. The lowest BCUT2D eigenvalue weighted by atomic mass is 9.94. The van der Waals surface area contributed by atoms with Gasteiger partial charge < -0.3 is 10.3 Å². The van der Waals surface area contributed by atoms with Gasteiger partial charge in [-0.2, -0.15) is 11.8 Å². The van der Waals surface area contributed by atoms with Gasteiger partial charge in [0.2, 0.25) is 5.91 Å². The highest BCUT2D eigenvalue weighted by Gasteiger charge is 2.40. The molecular formula is C22H29N5O2S. The van der Waals surface area contributed by atoms with Crippen molar-refractivity contribution in [3.8, 4) is 11.4 Å². The van der Waals surface area contributed by atoms with Gasteiger partial charge in [-0.15, -0.1) is 0 Å². The van der Waals surface area contributed by atoms with Gasteiger partial charge in [-0.05, 0) is 31.9 Å². The fraction of sp³-hybridized carbons (Fsp3) is 0.545. The van der Waals surface area contributed by atoms with Gasteiger partial charge in [0.25, 0.3) is 5.56 Å². The molecule has 0 spiro atoms. The van der Waals surface area contributed by atoms with Crippen LogP contribution < -0.4 is 10.9 Å². The number of nitrogens with one attached hydrogen (secondary N) is 2. The fourth-order valence-electron chi connectivity index (χ4n) is 4.62. The van der Waals surface area contributed by atoms with Crippen molar-refractivity contribution in [1.82, 2.24) is 25.2 Å². The summed E-state index contributed by atoms with van der Waals surface area (Å²) in [7, 11) is 0. The molecule has 2 aromatic heterocycles. The molecule has 1 amide bonds. The summed E-state index contributed by atoms with van der Waals surface area (Å²) in [5.74, 6) is 2.69. The standard InChI is InChI=1S/C22H29N5O2S/c1-16-18(21(29)26-20(25-16)17-5-4-8-23-14-17)13-19(28)24-15-22(6-2-3-7-22)27-9-11-30-12-10-27/h4-5,8,14H,2-3,6-7,9-13,15H2,1H3,(H,24,28)(H,25,26,29). The monoisotopic (exact) mass is 427 g/mol. The van der Waals surface area contributed by atoms with Crippen LogP contribution in [0, 0.1) is 6.92 Å². The van der Waals surface area contributed by atoms with E-state index in [0.29, 0.717) is 23.6 Å². The van der Waals surface area contributed by atoms with Gasteiger partial charge >= 0.3 is 0 Å². The van der Waals surface area contributed by atoms with Gasteiger partial charge in [-0.1, -0.05) is 12.8 Å². The van der Waals surface area contributed by atoms with Crippen molar-refractivity contribution in [2.45, 2.75) is 44.6 Å². The summed E-state index contributed by atoms with van der Waals surface area (Å²) in [6.45, 7) is 4.63. The molecule has 2 aromatic rings. The molecule has 0 atom stereocenters. The number of aryl methyl sites for hydroxylation is 1. The lowest BCUT2D eigenvalue weighted by Gasteiger charge is -2.43. The molecule has 2 aliphatic rings. The minimum Gasteiger partial charge on any atom is -0.354 e. The number of hydrogen-bond donors (Lipinski definition) is 2. The van der Waals surface area contributed by atoms with Crippen LogP contribution in [0.1, 0.15) is 36.9 Å². The Kier molecular flexibility index (Phi) is 6.53. The smallest absolute Gasteiger partial charge is 0.255 e. The lowest BCUT2D eigenvalue weighted by molar-refractivity contribution is -0.121. The molecule has 3 heterocycles. The first-order chi connectivity index (χ1) is 14.6. The third-order valence-electron chi connectivity index (χ3n) is 6.33. The number of aromatic nitrogens is 3. The van der Waals surface area contributed by atoms with Crippen molar-refractivity contribution in [1.29, 1.82) is 0 Å².